The van der Waals surface area contributed by atoms with Gasteiger partial charge in [0.25, 0.3) is 0 Å². The molecular weight excluding hydrogens is 270 g/mol. The molecule has 0 aliphatic carbocycles. The molecule has 2 N–H and O–H groups in total. The molecule has 0 heterocycles. The van der Waals surface area contributed by atoms with Crippen molar-refractivity contribution in [3.8, 4) is 0 Å². The molecule has 0 spiro atoms. The smallest absolute Gasteiger partial charge is 0.340 e. The van der Waals surface area contributed by atoms with E-state index in [0.717, 1.165) is 23.7 Å². The lowest BCUT2D eigenvalue weighted by Gasteiger charge is -2.07. The molecule has 0 saturated heterocycles. The first-order valence-electron chi connectivity index (χ1n) is 5.30. The highest BCUT2D eigenvalue weighted by Crippen LogP contribution is 2.16. The SMILES string of the molecule is CCOC(=O)c1ccc(CCCBr)cc1N. The van der Waals surface area contributed by atoms with Gasteiger partial charge < -0.3 is 10.5 Å². The van der Waals surface area contributed by atoms with Gasteiger partial charge in [-0.25, -0.2) is 4.79 Å². The topological polar surface area (TPSA) is 52.3 Å². The maximum atomic E-state index is 11.5. The number of hydrogen-bond donors (Lipinski definition) is 1. The van der Waals surface area contributed by atoms with Crippen LogP contribution in [0, 0.1) is 0 Å². The lowest BCUT2D eigenvalue weighted by atomic mass is 10.1. The monoisotopic (exact) mass is 285 g/mol. The fourth-order valence-electron chi connectivity index (χ4n) is 1.43. The van der Waals surface area contributed by atoms with Gasteiger partial charge in [0.1, 0.15) is 0 Å². The summed E-state index contributed by atoms with van der Waals surface area (Å²) in [6.45, 7) is 2.14. The first kappa shape index (κ1) is 13.0. The Bertz CT molecular complexity index is 366. The number of alkyl halides is 1. The molecule has 0 radical (unpaired) electrons. The van der Waals surface area contributed by atoms with Crippen LogP contribution in [0.2, 0.25) is 0 Å². The molecule has 0 bridgehead atoms. The van der Waals surface area contributed by atoms with E-state index in [1.54, 1.807) is 13.0 Å². The van der Waals surface area contributed by atoms with Crippen molar-refractivity contribution in [2.75, 3.05) is 17.7 Å². The summed E-state index contributed by atoms with van der Waals surface area (Å²) in [4.78, 5) is 11.5. The van der Waals surface area contributed by atoms with Crippen molar-refractivity contribution in [3.63, 3.8) is 0 Å². The minimum absolute atomic E-state index is 0.355. The average molecular weight is 286 g/mol. The van der Waals surface area contributed by atoms with Gasteiger partial charge in [-0.3, -0.25) is 0 Å². The van der Waals surface area contributed by atoms with Crippen molar-refractivity contribution in [2.45, 2.75) is 19.8 Å². The maximum Gasteiger partial charge on any atom is 0.340 e. The quantitative estimate of drug-likeness (QED) is 0.514. The van der Waals surface area contributed by atoms with Crippen molar-refractivity contribution in [3.05, 3.63) is 29.3 Å². The molecular formula is C12H16BrNO2. The summed E-state index contributed by atoms with van der Waals surface area (Å²) in [5.41, 5.74) is 7.90. The first-order chi connectivity index (χ1) is 7.69. The predicted molar refractivity (Wildman–Crippen MR) is 68.9 cm³/mol. The molecule has 0 aliphatic heterocycles. The second-order valence-corrected chi connectivity index (χ2v) is 4.23. The normalized spacial score (nSPS) is 10.1. The number of nitrogen functional groups attached to an aromatic ring is 1. The number of anilines is 1. The van der Waals surface area contributed by atoms with Crippen molar-refractivity contribution in [1.82, 2.24) is 0 Å². The third-order valence-electron chi connectivity index (χ3n) is 2.21. The molecule has 0 atom stereocenters. The molecule has 0 aromatic heterocycles. The van der Waals surface area contributed by atoms with Gasteiger partial charge in [0, 0.05) is 11.0 Å². The zero-order valence-corrected chi connectivity index (χ0v) is 10.9. The summed E-state index contributed by atoms with van der Waals surface area (Å²) in [5, 5.41) is 0.965. The molecule has 1 rings (SSSR count). The van der Waals surface area contributed by atoms with E-state index in [4.69, 9.17) is 10.5 Å². The van der Waals surface area contributed by atoms with Crippen LogP contribution in [-0.2, 0) is 11.2 Å². The van der Waals surface area contributed by atoms with Gasteiger partial charge in [-0.2, -0.15) is 0 Å². The largest absolute Gasteiger partial charge is 0.462 e. The Hall–Kier alpha value is -1.03. The second kappa shape index (κ2) is 6.53. The Kier molecular flexibility index (Phi) is 5.32. The van der Waals surface area contributed by atoms with Crippen LogP contribution in [0.3, 0.4) is 0 Å². The minimum Gasteiger partial charge on any atom is -0.462 e. The molecule has 1 aromatic rings. The van der Waals surface area contributed by atoms with E-state index in [-0.39, 0.29) is 5.97 Å². The van der Waals surface area contributed by atoms with Gasteiger partial charge in [0.2, 0.25) is 0 Å². The second-order valence-electron chi connectivity index (χ2n) is 3.43. The number of nitrogens with two attached hydrogens (primary N) is 1. The number of carbonyl (C=O) groups is 1. The zero-order chi connectivity index (χ0) is 12.0. The van der Waals surface area contributed by atoms with Gasteiger partial charge in [-0.05, 0) is 37.5 Å². The van der Waals surface area contributed by atoms with E-state index < -0.39 is 0 Å². The molecule has 0 saturated carbocycles. The Morgan fingerprint density at radius 2 is 2.25 bits per heavy atom. The third kappa shape index (κ3) is 3.52. The lowest BCUT2D eigenvalue weighted by molar-refractivity contribution is 0.0527. The molecule has 0 amide bonds. The number of halogens is 1. The standard InChI is InChI=1S/C12H16BrNO2/c1-2-16-12(15)10-6-5-9(4-3-7-13)8-11(10)14/h5-6,8H,2-4,7,14H2,1H3. The van der Waals surface area contributed by atoms with Crippen LogP contribution in [-0.4, -0.2) is 17.9 Å². The highest BCUT2D eigenvalue weighted by Gasteiger charge is 2.10. The van der Waals surface area contributed by atoms with Crippen molar-refractivity contribution >= 4 is 27.6 Å². The van der Waals surface area contributed by atoms with E-state index in [1.165, 1.54) is 0 Å². The predicted octanol–water partition coefficient (Wildman–Crippen LogP) is 2.77. The first-order valence-corrected chi connectivity index (χ1v) is 6.42. The van der Waals surface area contributed by atoms with Crippen LogP contribution >= 0.6 is 15.9 Å². The van der Waals surface area contributed by atoms with E-state index in [1.807, 2.05) is 12.1 Å². The van der Waals surface area contributed by atoms with E-state index in [9.17, 15) is 4.79 Å². The van der Waals surface area contributed by atoms with Crippen molar-refractivity contribution in [2.24, 2.45) is 0 Å². The highest BCUT2D eigenvalue weighted by molar-refractivity contribution is 9.09. The minimum atomic E-state index is -0.355. The van der Waals surface area contributed by atoms with Gasteiger partial charge in [0.05, 0.1) is 12.2 Å². The van der Waals surface area contributed by atoms with Gasteiger partial charge in [-0.1, -0.05) is 22.0 Å². The number of benzene rings is 1. The van der Waals surface area contributed by atoms with Crippen LogP contribution in [0.4, 0.5) is 5.69 Å². The Labute approximate surface area is 104 Å². The van der Waals surface area contributed by atoms with E-state index in [0.29, 0.717) is 17.9 Å². The zero-order valence-electron chi connectivity index (χ0n) is 9.33. The Morgan fingerprint density at radius 3 is 2.81 bits per heavy atom. The van der Waals surface area contributed by atoms with Gasteiger partial charge >= 0.3 is 5.97 Å². The van der Waals surface area contributed by atoms with Crippen molar-refractivity contribution < 1.29 is 9.53 Å². The Balaban J connectivity index is 2.78. The van der Waals surface area contributed by atoms with Crippen LogP contribution in [0.1, 0.15) is 29.3 Å². The molecule has 4 heteroatoms. The summed E-state index contributed by atoms with van der Waals surface area (Å²) in [6, 6.07) is 5.50. The summed E-state index contributed by atoms with van der Waals surface area (Å²) in [5.74, 6) is -0.355. The van der Waals surface area contributed by atoms with Crippen molar-refractivity contribution in [1.29, 1.82) is 0 Å². The van der Waals surface area contributed by atoms with Crippen LogP contribution in [0.25, 0.3) is 0 Å². The van der Waals surface area contributed by atoms with Crippen LogP contribution in [0.15, 0.2) is 18.2 Å². The fraction of sp³-hybridized carbons (Fsp3) is 0.417. The Morgan fingerprint density at radius 1 is 1.50 bits per heavy atom. The van der Waals surface area contributed by atoms with Crippen LogP contribution in [0.5, 0.6) is 0 Å². The molecule has 1 aromatic carbocycles. The molecule has 0 aliphatic rings. The summed E-state index contributed by atoms with van der Waals surface area (Å²) < 4.78 is 4.90. The third-order valence-corrected chi connectivity index (χ3v) is 2.77. The van der Waals surface area contributed by atoms with Crippen LogP contribution < -0.4 is 5.73 Å². The number of aryl methyl sites for hydroxylation is 1. The fourth-order valence-corrected chi connectivity index (χ4v) is 1.71. The number of esters is 1. The van der Waals surface area contributed by atoms with E-state index >= 15 is 0 Å². The van der Waals surface area contributed by atoms with Gasteiger partial charge in [0.15, 0.2) is 0 Å². The highest BCUT2D eigenvalue weighted by atomic mass is 79.9. The maximum absolute atomic E-state index is 11.5. The number of hydrogen-bond acceptors (Lipinski definition) is 3. The summed E-state index contributed by atoms with van der Waals surface area (Å²) >= 11 is 3.38. The van der Waals surface area contributed by atoms with Gasteiger partial charge in [-0.15, -0.1) is 0 Å². The number of carbonyl (C=O) groups excluding carboxylic acids is 1. The molecule has 16 heavy (non-hydrogen) atoms. The summed E-state index contributed by atoms with van der Waals surface area (Å²) in [6.07, 6.45) is 2.01. The summed E-state index contributed by atoms with van der Waals surface area (Å²) in [7, 11) is 0. The molecule has 3 nitrogen and oxygen atoms in total. The molecule has 0 fully saturated rings. The number of ether oxygens (including phenoxy) is 1. The lowest BCUT2D eigenvalue weighted by Crippen LogP contribution is -2.08. The molecule has 0 unspecified atom stereocenters. The van der Waals surface area contributed by atoms with E-state index in [2.05, 4.69) is 15.9 Å². The average Bonchev–Trinajstić information content (AvgIpc) is 2.26. The number of rotatable bonds is 5. The molecule has 88 valence electrons.